The van der Waals surface area contributed by atoms with Gasteiger partial charge < -0.3 is 10.2 Å². The summed E-state index contributed by atoms with van der Waals surface area (Å²) >= 11 is 7.59. The third-order valence-electron chi connectivity index (χ3n) is 2.94. The van der Waals surface area contributed by atoms with Crippen LogP contribution in [0, 0.1) is 0 Å². The van der Waals surface area contributed by atoms with E-state index in [1.165, 1.54) is 0 Å². The van der Waals surface area contributed by atoms with Crippen LogP contribution in [0.25, 0.3) is 0 Å². The maximum atomic E-state index is 12.0. The van der Waals surface area contributed by atoms with E-state index in [0.29, 0.717) is 17.1 Å². The lowest BCUT2D eigenvalue weighted by atomic mass is 10.2. The van der Waals surface area contributed by atoms with Gasteiger partial charge >= 0.3 is 0 Å². The van der Waals surface area contributed by atoms with Gasteiger partial charge in [0.1, 0.15) is 0 Å². The Bertz CT molecular complexity index is 585. The first-order chi connectivity index (χ1) is 9.24. The van der Waals surface area contributed by atoms with Gasteiger partial charge in [-0.3, -0.25) is 9.79 Å². The second kappa shape index (κ2) is 5.27. The van der Waals surface area contributed by atoms with Gasteiger partial charge in [-0.2, -0.15) is 0 Å². The number of hydrogen-bond acceptors (Lipinski definition) is 4. The van der Waals surface area contributed by atoms with Crippen molar-refractivity contribution in [3.63, 3.8) is 0 Å². The number of fused-ring (bicyclic) bond motifs is 1. The van der Waals surface area contributed by atoms with E-state index in [4.69, 9.17) is 11.6 Å². The van der Waals surface area contributed by atoms with E-state index >= 15 is 0 Å². The number of nitrogens with zero attached hydrogens (tertiary/aromatic N) is 2. The molecule has 0 saturated heterocycles. The predicted octanol–water partition coefficient (Wildman–Crippen LogP) is 2.93. The average Bonchev–Trinajstić information content (AvgIpc) is 2.97. The first-order valence-corrected chi connectivity index (χ1v) is 7.22. The normalized spacial score (nSPS) is 17.0. The second-order valence-electron chi connectivity index (χ2n) is 4.25. The van der Waals surface area contributed by atoms with E-state index in [0.717, 1.165) is 24.0 Å². The molecule has 3 rings (SSSR count). The van der Waals surface area contributed by atoms with E-state index in [1.807, 2.05) is 17.5 Å². The molecule has 2 aliphatic heterocycles. The first-order valence-electron chi connectivity index (χ1n) is 5.96. The third kappa shape index (κ3) is 2.62. The van der Waals surface area contributed by atoms with Crippen LogP contribution in [0.4, 0.5) is 5.69 Å². The van der Waals surface area contributed by atoms with Crippen LogP contribution in [-0.4, -0.2) is 29.1 Å². The maximum Gasteiger partial charge on any atom is 0.230 e. The molecule has 1 amide bonds. The van der Waals surface area contributed by atoms with Crippen molar-refractivity contribution in [3.8, 4) is 0 Å². The topological polar surface area (TPSA) is 44.7 Å². The molecule has 98 valence electrons. The highest BCUT2D eigenvalue weighted by Crippen LogP contribution is 2.31. The zero-order valence-electron chi connectivity index (χ0n) is 10.1. The lowest BCUT2D eigenvalue weighted by Crippen LogP contribution is -2.24. The molecular formula is C13H12ClN3OS. The fraction of sp³-hybridized carbons (Fsp3) is 0.231. The molecule has 19 heavy (non-hydrogen) atoms. The molecule has 4 nitrogen and oxygen atoms in total. The van der Waals surface area contributed by atoms with Crippen LogP contribution in [0.15, 0.2) is 40.4 Å². The number of benzene rings is 1. The standard InChI is InChI=1S/C13H12ClN3OS/c14-10-3-1-2-4-11(10)16-12(18)7-9-8-19-13-15-5-6-17(9)13/h1-4,8H,5-7H2,(H,16,18). The number of amides is 1. The number of aliphatic imine (C=N–C) groups is 1. The van der Waals surface area contributed by atoms with Crippen molar-refractivity contribution in [1.29, 1.82) is 0 Å². The minimum absolute atomic E-state index is 0.0619. The number of carbonyl (C=O) groups is 1. The van der Waals surface area contributed by atoms with E-state index in [-0.39, 0.29) is 5.91 Å². The maximum absolute atomic E-state index is 12.0. The Morgan fingerprint density at radius 2 is 2.32 bits per heavy atom. The fourth-order valence-corrected chi connectivity index (χ4v) is 3.17. The highest BCUT2D eigenvalue weighted by molar-refractivity contribution is 8.16. The largest absolute Gasteiger partial charge is 0.324 e. The number of amidine groups is 1. The average molecular weight is 294 g/mol. The lowest BCUT2D eigenvalue weighted by Gasteiger charge is -2.16. The highest BCUT2D eigenvalue weighted by Gasteiger charge is 2.27. The zero-order valence-corrected chi connectivity index (χ0v) is 11.7. The van der Waals surface area contributed by atoms with E-state index in [9.17, 15) is 4.79 Å². The summed E-state index contributed by atoms with van der Waals surface area (Å²) in [5, 5.41) is 6.37. The summed E-state index contributed by atoms with van der Waals surface area (Å²) in [5.74, 6) is -0.0619. The molecule has 0 atom stereocenters. The number of hydrogen-bond donors (Lipinski definition) is 1. The highest BCUT2D eigenvalue weighted by atomic mass is 35.5. The molecule has 2 aliphatic rings. The summed E-state index contributed by atoms with van der Waals surface area (Å²) in [6, 6.07) is 7.23. The van der Waals surface area contributed by atoms with Crippen LogP contribution in [0.1, 0.15) is 6.42 Å². The van der Waals surface area contributed by atoms with Crippen LogP contribution in [0.3, 0.4) is 0 Å². The second-order valence-corrected chi connectivity index (χ2v) is 5.49. The number of nitrogens with one attached hydrogen (secondary N) is 1. The van der Waals surface area contributed by atoms with Crippen LogP contribution in [0.5, 0.6) is 0 Å². The van der Waals surface area contributed by atoms with Gasteiger partial charge in [0, 0.05) is 12.2 Å². The monoisotopic (exact) mass is 293 g/mol. The summed E-state index contributed by atoms with van der Waals surface area (Å²) in [6.07, 6.45) is 0.344. The van der Waals surface area contributed by atoms with Crippen LogP contribution in [-0.2, 0) is 4.79 Å². The van der Waals surface area contributed by atoms with E-state index in [2.05, 4.69) is 15.2 Å². The molecule has 1 aromatic carbocycles. The SMILES string of the molecule is O=C(CC1=CSC2=NCCN12)Nc1ccccc1Cl. The van der Waals surface area contributed by atoms with Gasteiger partial charge in [-0.1, -0.05) is 35.5 Å². The molecule has 0 spiro atoms. The summed E-state index contributed by atoms with van der Waals surface area (Å²) in [6.45, 7) is 1.68. The quantitative estimate of drug-likeness (QED) is 0.932. The summed E-state index contributed by atoms with van der Waals surface area (Å²) < 4.78 is 0. The van der Waals surface area contributed by atoms with Gasteiger partial charge in [0.15, 0.2) is 5.17 Å². The number of thioether (sulfide) groups is 1. The Labute approximate surface area is 120 Å². The first kappa shape index (κ1) is 12.6. The third-order valence-corrected chi connectivity index (χ3v) is 4.22. The predicted molar refractivity (Wildman–Crippen MR) is 79.4 cm³/mol. The number of para-hydroxylation sites is 1. The van der Waals surface area contributed by atoms with Gasteiger partial charge in [-0.25, -0.2) is 0 Å². The van der Waals surface area contributed by atoms with Crippen LogP contribution < -0.4 is 5.32 Å². The van der Waals surface area contributed by atoms with Crippen LogP contribution >= 0.6 is 23.4 Å². The molecule has 2 heterocycles. The summed E-state index contributed by atoms with van der Waals surface area (Å²) in [5.41, 5.74) is 1.65. The molecular weight excluding hydrogens is 282 g/mol. The van der Waals surface area contributed by atoms with Crippen LogP contribution in [0.2, 0.25) is 5.02 Å². The molecule has 1 aromatic rings. The van der Waals surface area contributed by atoms with Gasteiger partial charge in [0.25, 0.3) is 0 Å². The smallest absolute Gasteiger partial charge is 0.230 e. The van der Waals surface area contributed by atoms with Crippen molar-refractivity contribution in [2.75, 3.05) is 18.4 Å². The van der Waals surface area contributed by atoms with E-state index in [1.54, 1.807) is 23.9 Å². The molecule has 0 saturated carbocycles. The molecule has 6 heteroatoms. The zero-order chi connectivity index (χ0) is 13.2. The van der Waals surface area contributed by atoms with Crippen molar-refractivity contribution < 1.29 is 4.79 Å². The molecule has 0 aromatic heterocycles. The Hall–Kier alpha value is -1.46. The van der Waals surface area contributed by atoms with Gasteiger partial charge in [0.2, 0.25) is 5.91 Å². The Morgan fingerprint density at radius 3 is 3.16 bits per heavy atom. The number of anilines is 1. The summed E-state index contributed by atoms with van der Waals surface area (Å²) in [7, 11) is 0. The fourth-order valence-electron chi connectivity index (χ4n) is 2.04. The van der Waals surface area contributed by atoms with Crippen molar-refractivity contribution >= 4 is 40.1 Å². The summed E-state index contributed by atoms with van der Waals surface area (Å²) in [4.78, 5) is 18.5. The minimum Gasteiger partial charge on any atom is -0.324 e. The Balaban J connectivity index is 1.64. The van der Waals surface area contributed by atoms with Crippen molar-refractivity contribution in [2.24, 2.45) is 4.99 Å². The number of halogens is 1. The molecule has 0 fully saturated rings. The van der Waals surface area contributed by atoms with Gasteiger partial charge in [-0.15, -0.1) is 0 Å². The lowest BCUT2D eigenvalue weighted by molar-refractivity contribution is -0.115. The Kier molecular flexibility index (Phi) is 3.48. The number of carbonyl (C=O) groups excluding carboxylic acids is 1. The van der Waals surface area contributed by atoms with Gasteiger partial charge in [0.05, 0.1) is 23.7 Å². The van der Waals surface area contributed by atoms with Crippen molar-refractivity contribution in [2.45, 2.75) is 6.42 Å². The van der Waals surface area contributed by atoms with Crippen molar-refractivity contribution in [3.05, 3.63) is 40.4 Å². The molecule has 1 N–H and O–H groups in total. The molecule has 0 radical (unpaired) electrons. The Morgan fingerprint density at radius 1 is 1.47 bits per heavy atom. The van der Waals surface area contributed by atoms with Gasteiger partial charge in [-0.05, 0) is 17.5 Å². The van der Waals surface area contributed by atoms with E-state index < -0.39 is 0 Å². The molecule has 0 unspecified atom stereocenters. The van der Waals surface area contributed by atoms with Crippen molar-refractivity contribution in [1.82, 2.24) is 4.90 Å². The molecule has 0 aliphatic carbocycles. The minimum atomic E-state index is -0.0619. The number of rotatable bonds is 3. The molecule has 0 bridgehead atoms.